The van der Waals surface area contributed by atoms with Crippen LogP contribution in [-0.4, -0.2) is 107 Å². The van der Waals surface area contributed by atoms with Gasteiger partial charge >= 0.3 is 5.97 Å². The molecule has 1 saturated heterocycles. The van der Waals surface area contributed by atoms with Gasteiger partial charge in [-0.05, 0) is 26.7 Å². The summed E-state index contributed by atoms with van der Waals surface area (Å²) in [7, 11) is 0. The number of ether oxygens (including phenoxy) is 3. The van der Waals surface area contributed by atoms with Gasteiger partial charge in [0.25, 0.3) is 0 Å². The third-order valence-electron chi connectivity index (χ3n) is 6.54. The quantitative estimate of drug-likeness (QED) is 0.0870. The molecule has 1 aliphatic heterocycles. The Kier molecular flexibility index (Phi) is 16.4. The summed E-state index contributed by atoms with van der Waals surface area (Å²) in [6, 6.07) is -3.44. The van der Waals surface area contributed by atoms with Crippen LogP contribution in [-0.2, 0) is 38.2 Å². The monoisotopic (exact) mass is 590 g/mol. The highest BCUT2D eigenvalue weighted by Gasteiger charge is 2.48. The number of hydrogen-bond donors (Lipinski definition) is 7. The summed E-state index contributed by atoms with van der Waals surface area (Å²) in [5, 5.41) is 36.8. The Balaban J connectivity index is 2.89. The highest BCUT2D eigenvalue weighted by molar-refractivity contribution is 5.92. The average molecular weight is 591 g/mol. The van der Waals surface area contributed by atoms with E-state index >= 15 is 0 Å². The second-order valence-electron chi connectivity index (χ2n) is 10.1. The predicted octanol–water partition coefficient (Wildman–Crippen LogP) is -1.33. The zero-order valence-corrected chi connectivity index (χ0v) is 24.2. The summed E-state index contributed by atoms with van der Waals surface area (Å²) < 4.78 is 17.4. The maximum Gasteiger partial charge on any atom is 0.303 e. The molecule has 41 heavy (non-hydrogen) atoms. The summed E-state index contributed by atoms with van der Waals surface area (Å²) in [5.74, 6) is -4.11. The minimum absolute atomic E-state index is 0.225. The van der Waals surface area contributed by atoms with Crippen molar-refractivity contribution in [3.05, 3.63) is 0 Å². The number of carbonyl (C=O) groups excluding carboxylic acids is 4. The number of nitrogens with two attached hydrogens (primary N) is 1. The molecule has 0 saturated carbocycles. The van der Waals surface area contributed by atoms with Gasteiger partial charge in [-0.3, -0.25) is 24.0 Å². The zero-order chi connectivity index (χ0) is 31.1. The van der Waals surface area contributed by atoms with Crippen molar-refractivity contribution < 1.29 is 53.5 Å². The van der Waals surface area contributed by atoms with E-state index < -0.39 is 91.5 Å². The van der Waals surface area contributed by atoms with Gasteiger partial charge in [-0.25, -0.2) is 0 Å². The Morgan fingerprint density at radius 3 is 2.24 bits per heavy atom. The third-order valence-corrected chi connectivity index (χ3v) is 6.54. The minimum atomic E-state index is -1.44. The molecule has 0 aromatic rings. The molecule has 0 aliphatic carbocycles. The fourth-order valence-corrected chi connectivity index (χ4v) is 4.21. The molecule has 1 rings (SSSR count). The largest absolute Gasteiger partial charge is 0.481 e. The van der Waals surface area contributed by atoms with Crippen LogP contribution < -0.4 is 21.7 Å². The van der Waals surface area contributed by atoms with Crippen LogP contribution in [0, 0.1) is 0 Å². The van der Waals surface area contributed by atoms with Crippen molar-refractivity contribution in [3.8, 4) is 0 Å². The van der Waals surface area contributed by atoms with Crippen molar-refractivity contribution in [2.24, 2.45) is 5.73 Å². The molecule has 1 heterocycles. The van der Waals surface area contributed by atoms with E-state index in [9.17, 15) is 34.2 Å². The lowest BCUT2D eigenvalue weighted by molar-refractivity contribution is -0.280. The maximum atomic E-state index is 12.9. The number of rotatable bonds is 19. The smallest absolute Gasteiger partial charge is 0.303 e. The highest BCUT2D eigenvalue weighted by Crippen LogP contribution is 2.26. The number of aliphatic hydroxyl groups is 2. The van der Waals surface area contributed by atoms with E-state index in [1.54, 1.807) is 0 Å². The number of amides is 4. The fraction of sp³-hybridized carbons (Fsp3) is 0.808. The number of carboxylic acid groups (broad SMARTS) is 1. The first kappa shape index (κ1) is 36.2. The normalized spacial score (nSPS) is 24.5. The number of carboxylic acids is 1. The van der Waals surface area contributed by atoms with Gasteiger partial charge in [0, 0.05) is 20.0 Å². The van der Waals surface area contributed by atoms with E-state index in [-0.39, 0.29) is 6.42 Å². The first-order valence-electron chi connectivity index (χ1n) is 13.9. The lowest BCUT2D eigenvalue weighted by Gasteiger charge is -2.44. The van der Waals surface area contributed by atoms with Gasteiger partial charge < -0.3 is 51.2 Å². The Labute approximate surface area is 239 Å². The molecule has 236 valence electrons. The Bertz CT molecular complexity index is 874. The number of carbonyl (C=O) groups is 5. The summed E-state index contributed by atoms with van der Waals surface area (Å²) >= 11 is 0. The van der Waals surface area contributed by atoms with Gasteiger partial charge in [-0.15, -0.1) is 0 Å². The Morgan fingerprint density at radius 2 is 1.68 bits per heavy atom. The number of aliphatic hydroxyl groups excluding tert-OH is 2. The van der Waals surface area contributed by atoms with Crippen molar-refractivity contribution >= 4 is 29.6 Å². The third kappa shape index (κ3) is 12.7. The molecule has 8 N–H and O–H groups in total. The Hall–Kier alpha value is -2.85. The number of aliphatic carboxylic acids is 1. The summed E-state index contributed by atoms with van der Waals surface area (Å²) in [5.41, 5.74) is 5.23. The molecule has 15 heteroatoms. The first-order valence-corrected chi connectivity index (χ1v) is 13.9. The molecule has 1 unspecified atom stereocenters. The van der Waals surface area contributed by atoms with Crippen LogP contribution in [0.2, 0.25) is 0 Å². The molecular formula is C26H46N4O11. The van der Waals surface area contributed by atoms with E-state index in [0.717, 1.165) is 32.1 Å². The standard InChI is InChI=1S/C26H46N4O11/c1-5-6-7-8-9-12-39-26-20(29-16(4)32)22(21(35)18(13-31)41-26)40-15(3)25(38)28-14(2)24(37)30-17(23(27)36)10-11-19(33)34/h14-15,17-18,20-22,26,31,35H,5-13H2,1-4H3,(H2,27,36)(H,28,38)(H,29,32)(H,30,37)(H,33,34)/t14-,15?,17+,18+,20+,21+,22+,26+/m0/s1. The molecule has 0 aromatic carbocycles. The minimum Gasteiger partial charge on any atom is -0.481 e. The van der Waals surface area contributed by atoms with Crippen molar-refractivity contribution in [2.45, 2.75) is 121 Å². The van der Waals surface area contributed by atoms with Gasteiger partial charge in [0.1, 0.15) is 42.5 Å². The van der Waals surface area contributed by atoms with Crippen molar-refractivity contribution in [3.63, 3.8) is 0 Å². The van der Waals surface area contributed by atoms with Crippen LogP contribution in [0.1, 0.15) is 72.6 Å². The fourth-order valence-electron chi connectivity index (χ4n) is 4.21. The summed E-state index contributed by atoms with van der Waals surface area (Å²) in [6.45, 7) is 5.79. The van der Waals surface area contributed by atoms with E-state index in [2.05, 4.69) is 22.9 Å². The van der Waals surface area contributed by atoms with Gasteiger partial charge in [0.2, 0.25) is 23.6 Å². The van der Waals surface area contributed by atoms with Crippen molar-refractivity contribution in [2.75, 3.05) is 13.2 Å². The van der Waals surface area contributed by atoms with Crippen LogP contribution in [0.3, 0.4) is 0 Å². The second-order valence-corrected chi connectivity index (χ2v) is 10.1. The molecule has 1 aliphatic rings. The molecule has 0 bridgehead atoms. The maximum absolute atomic E-state index is 12.9. The molecule has 0 aromatic heterocycles. The molecule has 8 atom stereocenters. The highest BCUT2D eigenvalue weighted by atomic mass is 16.7. The number of nitrogens with one attached hydrogen (secondary N) is 3. The lowest BCUT2D eigenvalue weighted by Crippen LogP contribution is -2.66. The average Bonchev–Trinajstić information content (AvgIpc) is 2.90. The van der Waals surface area contributed by atoms with E-state index in [4.69, 9.17) is 25.1 Å². The number of unbranched alkanes of at least 4 members (excludes halogenated alkanes) is 4. The van der Waals surface area contributed by atoms with Crippen molar-refractivity contribution in [1.82, 2.24) is 16.0 Å². The van der Waals surface area contributed by atoms with Gasteiger partial charge in [0.05, 0.1) is 6.61 Å². The second kappa shape index (κ2) is 18.6. The molecule has 15 nitrogen and oxygen atoms in total. The molecule has 1 fully saturated rings. The van der Waals surface area contributed by atoms with Crippen LogP contribution in [0.4, 0.5) is 0 Å². The van der Waals surface area contributed by atoms with Crippen LogP contribution in [0.5, 0.6) is 0 Å². The molecular weight excluding hydrogens is 544 g/mol. The Morgan fingerprint density at radius 1 is 1.02 bits per heavy atom. The van der Waals surface area contributed by atoms with Gasteiger partial charge in [0.15, 0.2) is 6.29 Å². The van der Waals surface area contributed by atoms with E-state index in [1.807, 2.05) is 0 Å². The van der Waals surface area contributed by atoms with Crippen molar-refractivity contribution in [1.29, 1.82) is 0 Å². The van der Waals surface area contributed by atoms with Crippen LogP contribution >= 0.6 is 0 Å². The lowest BCUT2D eigenvalue weighted by atomic mass is 9.96. The van der Waals surface area contributed by atoms with Gasteiger partial charge in [-0.2, -0.15) is 0 Å². The predicted molar refractivity (Wildman–Crippen MR) is 144 cm³/mol. The zero-order valence-electron chi connectivity index (χ0n) is 24.2. The van der Waals surface area contributed by atoms with Gasteiger partial charge in [-0.1, -0.05) is 32.6 Å². The summed E-state index contributed by atoms with van der Waals surface area (Å²) in [6.07, 6.45) is -1.86. The van der Waals surface area contributed by atoms with E-state index in [0.29, 0.717) is 6.61 Å². The number of hydrogen-bond acceptors (Lipinski definition) is 10. The number of primary amides is 1. The van der Waals surface area contributed by atoms with E-state index in [1.165, 1.54) is 20.8 Å². The topological polar surface area (TPSA) is 236 Å². The molecule has 4 amide bonds. The molecule has 0 radical (unpaired) electrons. The summed E-state index contributed by atoms with van der Waals surface area (Å²) in [4.78, 5) is 59.7. The SMILES string of the molecule is CCCCCCCO[C@@H]1O[C@H](CO)[C@@H](O)[C@H](OC(C)C(=O)N[C@@H](C)C(=O)N[C@H](CCC(=O)O)C(N)=O)[C@H]1NC(C)=O. The van der Waals surface area contributed by atoms with Crippen LogP contribution in [0.25, 0.3) is 0 Å². The first-order chi connectivity index (χ1) is 19.3. The van der Waals surface area contributed by atoms with Crippen LogP contribution in [0.15, 0.2) is 0 Å². The molecule has 0 spiro atoms.